The van der Waals surface area contributed by atoms with E-state index < -0.39 is 0 Å². The fourth-order valence-corrected chi connectivity index (χ4v) is 1.05. The third-order valence-corrected chi connectivity index (χ3v) is 1.57. The lowest BCUT2D eigenvalue weighted by Gasteiger charge is -1.85. The molecule has 0 saturated carbocycles. The molecule has 14 heavy (non-hydrogen) atoms. The average Bonchev–Trinajstić information content (AvgIpc) is 2.45. The lowest BCUT2D eigenvalue weighted by atomic mass is 10.3. The number of fused-ring (bicyclic) bond motifs is 1. The molecule has 0 aliphatic rings. The summed E-state index contributed by atoms with van der Waals surface area (Å²) < 4.78 is 4.81. The summed E-state index contributed by atoms with van der Waals surface area (Å²) in [4.78, 5) is 5.24. The Balaban J connectivity index is 0.000000293. The van der Waals surface area contributed by atoms with Crippen LogP contribution in [0.4, 0.5) is 0 Å². The van der Waals surface area contributed by atoms with E-state index in [1.165, 1.54) is 0 Å². The van der Waals surface area contributed by atoms with Crippen LogP contribution in [0, 0.1) is 0 Å². The number of aromatic nitrogens is 1. The molecule has 2 rings (SSSR count). The molecule has 1 N–H and O–H groups in total. The van der Waals surface area contributed by atoms with E-state index in [4.69, 9.17) is 21.1 Å². The molecule has 74 valence electrons. The maximum atomic E-state index is 8.83. The zero-order valence-corrected chi connectivity index (χ0v) is 9.42. The second-order valence-electron chi connectivity index (χ2n) is 2.26. The van der Waals surface area contributed by atoms with Crippen molar-refractivity contribution in [2.45, 2.75) is 0 Å². The minimum Gasteiger partial charge on any atom is -0.466 e. The maximum absolute atomic E-state index is 8.83. The van der Waals surface area contributed by atoms with Crippen LogP contribution in [-0.4, -0.2) is 10.1 Å². The molecule has 0 aliphatic carbocycles. The fourth-order valence-electron chi connectivity index (χ4n) is 0.888. The Hall–Kier alpha value is -1.00. The molecule has 0 amide bonds. The number of hydrogen-bond acceptors (Lipinski definition) is 3. The van der Waals surface area contributed by atoms with Gasteiger partial charge in [-0.2, -0.15) is 4.98 Å². The van der Waals surface area contributed by atoms with Gasteiger partial charge in [0.15, 0.2) is 5.58 Å². The topological polar surface area (TPSA) is 46.3 Å². The molecule has 1 heterocycles. The predicted molar refractivity (Wildman–Crippen MR) is 59.8 cm³/mol. The van der Waals surface area contributed by atoms with Crippen molar-refractivity contribution in [3.8, 4) is 6.08 Å². The Morgan fingerprint density at radius 1 is 1.57 bits per heavy atom. The molecule has 1 aromatic heterocycles. The van der Waals surface area contributed by atoms with E-state index in [9.17, 15) is 0 Å². The number of nitrogens with zero attached hydrogens (tertiary/aromatic N) is 1. The van der Waals surface area contributed by atoms with E-state index in [1.54, 1.807) is 23.2 Å². The first-order chi connectivity index (χ1) is 6.67. The monoisotopic (exact) mass is 275 g/mol. The van der Waals surface area contributed by atoms with Gasteiger partial charge in [0, 0.05) is 5.02 Å². The van der Waals surface area contributed by atoms with Crippen molar-refractivity contribution in [2.75, 3.05) is 0 Å². The minimum atomic E-state index is -0.331. The Kier molecular flexibility index (Phi) is 3.98. The van der Waals surface area contributed by atoms with Gasteiger partial charge in [0.25, 0.3) is 0 Å². The van der Waals surface area contributed by atoms with E-state index in [2.05, 4.69) is 27.5 Å². The number of oxazole rings is 1. The molecule has 5 heteroatoms. The highest BCUT2D eigenvalue weighted by atomic mass is 79.9. The smallest absolute Gasteiger partial charge is 0.392 e. The van der Waals surface area contributed by atoms with Crippen LogP contribution < -0.4 is 0 Å². The Labute approximate surface area is 94.1 Å². The second kappa shape index (κ2) is 5.02. The number of halogens is 2. The molecule has 0 bridgehead atoms. The number of benzene rings is 1. The van der Waals surface area contributed by atoms with E-state index >= 15 is 0 Å². The summed E-state index contributed by atoms with van der Waals surface area (Å²) in [6.45, 7) is 3.28. The molecule has 0 spiro atoms. The first-order valence-electron chi connectivity index (χ1n) is 3.63. The van der Waals surface area contributed by atoms with Crippen LogP contribution in [0.25, 0.3) is 11.1 Å². The van der Waals surface area contributed by atoms with Crippen molar-refractivity contribution >= 4 is 38.6 Å². The van der Waals surface area contributed by atoms with Crippen LogP contribution >= 0.6 is 27.5 Å². The Morgan fingerprint density at radius 2 is 2.21 bits per heavy atom. The number of rotatable bonds is 0. The highest BCUT2D eigenvalue weighted by Gasteiger charge is 2.02. The Morgan fingerprint density at radius 3 is 2.86 bits per heavy atom. The maximum Gasteiger partial charge on any atom is 0.392 e. The first-order valence-corrected chi connectivity index (χ1v) is 4.93. The first kappa shape index (κ1) is 11.1. The molecule has 0 fully saturated rings. The molecule has 0 radical (unpaired) electrons. The zero-order chi connectivity index (χ0) is 10.6. The van der Waals surface area contributed by atoms with Gasteiger partial charge in [-0.1, -0.05) is 34.1 Å². The summed E-state index contributed by atoms with van der Waals surface area (Å²) in [5.41, 5.74) is 1.10. The van der Waals surface area contributed by atoms with Gasteiger partial charge in [-0.15, -0.1) is 0 Å². The molecule has 0 aliphatic heterocycles. The quantitative estimate of drug-likeness (QED) is 0.798. The van der Waals surface area contributed by atoms with Gasteiger partial charge in [0.2, 0.25) is 0 Å². The summed E-state index contributed by atoms with van der Waals surface area (Å²) in [6, 6.07) is 4.96. The number of aromatic hydroxyl groups is 1. The van der Waals surface area contributed by atoms with Gasteiger partial charge in [-0.3, -0.25) is 0 Å². The standard InChI is InChI=1S/C7H4ClNO2.C2H3Br/c8-4-1-2-6-5(3-4)9-7(10)11-6;1-2-3/h1-3H,(H,9,10);2H,1H2. The van der Waals surface area contributed by atoms with E-state index in [1.807, 2.05) is 0 Å². The van der Waals surface area contributed by atoms with Crippen molar-refractivity contribution in [1.29, 1.82) is 0 Å². The van der Waals surface area contributed by atoms with Crippen molar-refractivity contribution in [3.63, 3.8) is 0 Å². The predicted octanol–water partition coefficient (Wildman–Crippen LogP) is 3.71. The average molecular weight is 277 g/mol. The molecule has 3 nitrogen and oxygen atoms in total. The highest BCUT2D eigenvalue weighted by molar-refractivity contribution is 9.11. The summed E-state index contributed by atoms with van der Waals surface area (Å²) in [5, 5.41) is 9.40. The third-order valence-electron chi connectivity index (χ3n) is 1.34. The van der Waals surface area contributed by atoms with Crippen LogP contribution in [0.2, 0.25) is 5.02 Å². The van der Waals surface area contributed by atoms with Crippen LogP contribution in [0.1, 0.15) is 0 Å². The fraction of sp³-hybridized carbons (Fsp3) is 0. The lowest BCUT2D eigenvalue weighted by molar-refractivity contribution is 0.328. The van der Waals surface area contributed by atoms with Gasteiger partial charge in [-0.25, -0.2) is 0 Å². The third kappa shape index (κ3) is 2.75. The normalized spacial score (nSPS) is 9.29. The minimum absolute atomic E-state index is 0.331. The van der Waals surface area contributed by atoms with E-state index in [0.29, 0.717) is 16.1 Å². The van der Waals surface area contributed by atoms with Gasteiger partial charge in [0.1, 0.15) is 5.52 Å². The highest BCUT2D eigenvalue weighted by Crippen LogP contribution is 2.22. The lowest BCUT2D eigenvalue weighted by Crippen LogP contribution is -1.66. The zero-order valence-electron chi connectivity index (χ0n) is 7.08. The molecule has 2 aromatic rings. The summed E-state index contributed by atoms with van der Waals surface area (Å²) in [5.74, 6) is 0. The van der Waals surface area contributed by atoms with Gasteiger partial charge in [-0.05, 0) is 23.2 Å². The molecular weight excluding hydrogens is 269 g/mol. The largest absolute Gasteiger partial charge is 0.466 e. The van der Waals surface area contributed by atoms with Crippen LogP contribution in [-0.2, 0) is 0 Å². The van der Waals surface area contributed by atoms with Crippen molar-refractivity contribution < 1.29 is 9.52 Å². The van der Waals surface area contributed by atoms with Crippen molar-refractivity contribution in [1.82, 2.24) is 4.98 Å². The summed E-state index contributed by atoms with van der Waals surface area (Å²) in [7, 11) is 0. The van der Waals surface area contributed by atoms with Crippen molar-refractivity contribution in [3.05, 3.63) is 34.8 Å². The Bertz CT molecular complexity index is 441. The van der Waals surface area contributed by atoms with Crippen LogP contribution in [0.3, 0.4) is 0 Å². The molecule has 1 aromatic carbocycles. The number of hydrogen-bond donors (Lipinski definition) is 1. The van der Waals surface area contributed by atoms with E-state index in [-0.39, 0.29) is 6.08 Å². The van der Waals surface area contributed by atoms with Gasteiger partial charge in [0.05, 0.1) is 0 Å². The summed E-state index contributed by atoms with van der Waals surface area (Å²) >= 11 is 8.57. The SMILES string of the molecule is C=CBr.Oc1nc2cc(Cl)ccc2o1. The molecule has 0 atom stereocenters. The second-order valence-corrected chi connectivity index (χ2v) is 3.35. The molecule has 0 saturated heterocycles. The van der Waals surface area contributed by atoms with Crippen LogP contribution in [0.15, 0.2) is 34.2 Å². The van der Waals surface area contributed by atoms with Crippen LogP contribution in [0.5, 0.6) is 6.08 Å². The molecular formula is C9H7BrClNO2. The van der Waals surface area contributed by atoms with Gasteiger partial charge < -0.3 is 9.52 Å². The molecule has 0 unspecified atom stereocenters. The van der Waals surface area contributed by atoms with Gasteiger partial charge >= 0.3 is 6.08 Å². The van der Waals surface area contributed by atoms with Crippen molar-refractivity contribution in [2.24, 2.45) is 0 Å². The van der Waals surface area contributed by atoms with E-state index in [0.717, 1.165) is 0 Å². The summed E-state index contributed by atoms with van der Waals surface area (Å²) in [6.07, 6.45) is -0.331.